The molecule has 2 N–H and O–H groups in total. The van der Waals surface area contributed by atoms with Crippen LogP contribution in [-0.4, -0.2) is 9.55 Å². The van der Waals surface area contributed by atoms with Crippen molar-refractivity contribution in [3.05, 3.63) is 59.4 Å². The van der Waals surface area contributed by atoms with Gasteiger partial charge in [0, 0.05) is 12.2 Å². The Morgan fingerprint density at radius 3 is 2.60 bits per heavy atom. The molecule has 20 heavy (non-hydrogen) atoms. The van der Waals surface area contributed by atoms with E-state index < -0.39 is 0 Å². The molecule has 0 saturated heterocycles. The van der Waals surface area contributed by atoms with Crippen LogP contribution in [0.25, 0.3) is 11.0 Å². The molecule has 3 aromatic rings. The molecule has 100 valence electrons. The summed E-state index contributed by atoms with van der Waals surface area (Å²) in [5.41, 5.74) is 13.1. The van der Waals surface area contributed by atoms with Crippen LogP contribution < -0.4 is 5.73 Å². The zero-order chi connectivity index (χ0) is 13.5. The number of imidazole rings is 1. The van der Waals surface area contributed by atoms with Gasteiger partial charge in [0.05, 0.1) is 17.4 Å². The minimum atomic E-state index is 0.807. The van der Waals surface area contributed by atoms with Crippen molar-refractivity contribution in [1.29, 1.82) is 0 Å². The van der Waals surface area contributed by atoms with Crippen molar-refractivity contribution in [3.63, 3.8) is 0 Å². The third-order valence-corrected chi connectivity index (χ3v) is 4.17. The Balaban J connectivity index is 1.74. The highest BCUT2D eigenvalue weighted by Crippen LogP contribution is 2.27. The van der Waals surface area contributed by atoms with E-state index in [-0.39, 0.29) is 0 Å². The van der Waals surface area contributed by atoms with Crippen molar-refractivity contribution in [2.45, 2.75) is 25.8 Å². The number of nitrogens with zero attached hydrogens (tertiary/aromatic N) is 2. The van der Waals surface area contributed by atoms with Gasteiger partial charge in [0.25, 0.3) is 0 Å². The summed E-state index contributed by atoms with van der Waals surface area (Å²) in [5, 5.41) is 0. The van der Waals surface area contributed by atoms with E-state index >= 15 is 0 Å². The summed E-state index contributed by atoms with van der Waals surface area (Å²) in [5.74, 6) is 0. The topological polar surface area (TPSA) is 43.8 Å². The second kappa shape index (κ2) is 4.37. The number of anilines is 1. The van der Waals surface area contributed by atoms with Crippen molar-refractivity contribution in [2.24, 2.45) is 0 Å². The first-order chi connectivity index (χ1) is 9.79. The standard InChI is InChI=1S/C17H17N3/c18-15-6-4-12(5-7-15)10-20-11-19-16-8-13-2-1-3-14(13)9-17(16)20/h4-9,11H,1-3,10,18H2. The van der Waals surface area contributed by atoms with E-state index in [0.29, 0.717) is 0 Å². The molecule has 1 aromatic heterocycles. The van der Waals surface area contributed by atoms with Gasteiger partial charge in [0.15, 0.2) is 0 Å². The number of benzene rings is 2. The van der Waals surface area contributed by atoms with Gasteiger partial charge in [-0.3, -0.25) is 0 Å². The van der Waals surface area contributed by atoms with Crippen molar-refractivity contribution in [3.8, 4) is 0 Å². The number of hydrogen-bond donors (Lipinski definition) is 1. The Labute approximate surface area is 118 Å². The fourth-order valence-electron chi connectivity index (χ4n) is 3.07. The van der Waals surface area contributed by atoms with Crippen molar-refractivity contribution >= 4 is 16.7 Å². The van der Waals surface area contributed by atoms with E-state index in [1.165, 1.54) is 41.5 Å². The molecule has 0 aliphatic heterocycles. The van der Waals surface area contributed by atoms with Crippen LogP contribution in [0.3, 0.4) is 0 Å². The third-order valence-electron chi connectivity index (χ3n) is 4.17. The van der Waals surface area contributed by atoms with Gasteiger partial charge < -0.3 is 10.3 Å². The molecule has 0 unspecified atom stereocenters. The minimum absolute atomic E-state index is 0.807. The van der Waals surface area contributed by atoms with E-state index in [2.05, 4.69) is 33.8 Å². The first kappa shape index (κ1) is 11.5. The number of nitrogens with two attached hydrogens (primary N) is 1. The van der Waals surface area contributed by atoms with Crippen LogP contribution in [0.4, 0.5) is 5.69 Å². The molecule has 2 aromatic carbocycles. The number of hydrogen-bond acceptors (Lipinski definition) is 2. The van der Waals surface area contributed by atoms with Gasteiger partial charge in [-0.1, -0.05) is 12.1 Å². The number of aryl methyl sites for hydroxylation is 2. The quantitative estimate of drug-likeness (QED) is 0.722. The summed E-state index contributed by atoms with van der Waals surface area (Å²) >= 11 is 0. The van der Waals surface area contributed by atoms with Crippen molar-refractivity contribution in [2.75, 3.05) is 5.73 Å². The molecule has 3 nitrogen and oxygen atoms in total. The van der Waals surface area contributed by atoms with E-state index in [4.69, 9.17) is 5.73 Å². The highest BCUT2D eigenvalue weighted by molar-refractivity contribution is 5.78. The van der Waals surface area contributed by atoms with E-state index in [1.54, 1.807) is 0 Å². The summed E-state index contributed by atoms with van der Waals surface area (Å²) in [6, 6.07) is 12.6. The lowest BCUT2D eigenvalue weighted by atomic mass is 10.1. The summed E-state index contributed by atoms with van der Waals surface area (Å²) < 4.78 is 2.22. The van der Waals surface area contributed by atoms with Crippen LogP contribution in [0.5, 0.6) is 0 Å². The third kappa shape index (κ3) is 1.86. The predicted octanol–water partition coefficient (Wildman–Crippen LogP) is 3.16. The largest absolute Gasteiger partial charge is 0.399 e. The zero-order valence-electron chi connectivity index (χ0n) is 11.3. The summed E-state index contributed by atoms with van der Waals surface area (Å²) in [7, 11) is 0. The van der Waals surface area contributed by atoms with Crippen LogP contribution in [0.2, 0.25) is 0 Å². The van der Waals surface area contributed by atoms with E-state index in [1.807, 2.05) is 18.5 Å². The normalized spacial score (nSPS) is 13.8. The molecule has 0 amide bonds. The molecule has 0 spiro atoms. The Morgan fingerprint density at radius 1 is 1.05 bits per heavy atom. The van der Waals surface area contributed by atoms with Crippen molar-refractivity contribution < 1.29 is 0 Å². The van der Waals surface area contributed by atoms with Gasteiger partial charge in [-0.2, -0.15) is 0 Å². The van der Waals surface area contributed by atoms with Crippen LogP contribution in [0.1, 0.15) is 23.1 Å². The molecule has 0 bridgehead atoms. The first-order valence-corrected chi connectivity index (χ1v) is 7.11. The highest BCUT2D eigenvalue weighted by atomic mass is 15.0. The maximum atomic E-state index is 5.73. The van der Waals surface area contributed by atoms with Gasteiger partial charge in [-0.05, 0) is 60.2 Å². The van der Waals surface area contributed by atoms with Gasteiger partial charge in [0.1, 0.15) is 0 Å². The maximum absolute atomic E-state index is 5.73. The van der Waals surface area contributed by atoms with Crippen LogP contribution in [0, 0.1) is 0 Å². The van der Waals surface area contributed by atoms with Gasteiger partial charge in [-0.25, -0.2) is 4.98 Å². The van der Waals surface area contributed by atoms with Crippen LogP contribution in [-0.2, 0) is 19.4 Å². The SMILES string of the molecule is Nc1ccc(Cn2cnc3cc4c(cc32)CCC4)cc1. The molecule has 4 rings (SSSR count). The smallest absolute Gasteiger partial charge is 0.0961 e. The highest BCUT2D eigenvalue weighted by Gasteiger charge is 2.14. The van der Waals surface area contributed by atoms with E-state index in [9.17, 15) is 0 Å². The van der Waals surface area contributed by atoms with Gasteiger partial charge in [-0.15, -0.1) is 0 Å². The summed E-state index contributed by atoms with van der Waals surface area (Å²) in [6.07, 6.45) is 5.63. The van der Waals surface area contributed by atoms with E-state index in [0.717, 1.165) is 17.7 Å². The second-order valence-corrected chi connectivity index (χ2v) is 5.58. The molecule has 0 atom stereocenters. The van der Waals surface area contributed by atoms with Gasteiger partial charge in [0.2, 0.25) is 0 Å². The fourth-order valence-corrected chi connectivity index (χ4v) is 3.07. The summed E-state index contributed by atoms with van der Waals surface area (Å²) in [6.45, 7) is 0.843. The zero-order valence-corrected chi connectivity index (χ0v) is 11.3. The second-order valence-electron chi connectivity index (χ2n) is 5.58. The lowest BCUT2D eigenvalue weighted by Gasteiger charge is -2.06. The Morgan fingerprint density at radius 2 is 1.80 bits per heavy atom. The average Bonchev–Trinajstić information content (AvgIpc) is 3.06. The molecule has 0 saturated carbocycles. The Hall–Kier alpha value is -2.29. The molecule has 1 aliphatic rings. The maximum Gasteiger partial charge on any atom is 0.0961 e. The molecular weight excluding hydrogens is 246 g/mol. The molecule has 0 fully saturated rings. The number of fused-ring (bicyclic) bond motifs is 2. The number of rotatable bonds is 2. The molecule has 1 heterocycles. The lowest BCUT2D eigenvalue weighted by Crippen LogP contribution is -1.98. The Bertz CT molecular complexity index is 769. The molecule has 1 aliphatic carbocycles. The summed E-state index contributed by atoms with van der Waals surface area (Å²) in [4.78, 5) is 4.55. The Kier molecular flexibility index (Phi) is 2.52. The molecule has 0 radical (unpaired) electrons. The lowest BCUT2D eigenvalue weighted by molar-refractivity contribution is 0.824. The van der Waals surface area contributed by atoms with Crippen molar-refractivity contribution in [1.82, 2.24) is 9.55 Å². The fraction of sp³-hybridized carbons (Fsp3) is 0.235. The monoisotopic (exact) mass is 263 g/mol. The number of nitrogen functional groups attached to an aromatic ring is 1. The predicted molar refractivity (Wildman–Crippen MR) is 81.7 cm³/mol. The first-order valence-electron chi connectivity index (χ1n) is 7.11. The van der Waals surface area contributed by atoms with Crippen LogP contribution in [0.15, 0.2) is 42.7 Å². The molecular formula is C17H17N3. The van der Waals surface area contributed by atoms with Gasteiger partial charge >= 0.3 is 0 Å². The van der Waals surface area contributed by atoms with Crippen LogP contribution >= 0.6 is 0 Å². The number of aromatic nitrogens is 2. The molecule has 3 heteroatoms. The average molecular weight is 263 g/mol. The minimum Gasteiger partial charge on any atom is -0.399 e.